The number of nitrogens with zero attached hydrogens (tertiary/aromatic N) is 4. The molecule has 2 N–H and O–H groups in total. The highest BCUT2D eigenvalue weighted by molar-refractivity contribution is 5.16. The molecule has 0 aromatic rings. The summed E-state index contributed by atoms with van der Waals surface area (Å²) < 4.78 is 0. The molecule has 6 nitrogen and oxygen atoms in total. The molecule has 0 aliphatic heterocycles. The summed E-state index contributed by atoms with van der Waals surface area (Å²) in [5.41, 5.74) is -5.81. The molecule has 18 heavy (non-hydrogen) atoms. The third kappa shape index (κ3) is 3.04. The van der Waals surface area contributed by atoms with Gasteiger partial charge in [0.2, 0.25) is 0 Å². The van der Waals surface area contributed by atoms with E-state index in [0.29, 0.717) is 0 Å². The highest BCUT2D eigenvalue weighted by Gasteiger charge is 2.44. The van der Waals surface area contributed by atoms with Crippen molar-refractivity contribution in [2.75, 3.05) is 0 Å². The lowest BCUT2D eigenvalue weighted by Gasteiger charge is -2.33. The van der Waals surface area contributed by atoms with Gasteiger partial charge in [-0.05, 0) is 41.5 Å². The summed E-state index contributed by atoms with van der Waals surface area (Å²) in [6.45, 7) is 8.56. The smallest absolute Gasteiger partial charge is 0.192 e. The molecule has 0 fully saturated rings. The van der Waals surface area contributed by atoms with Crippen molar-refractivity contribution >= 4 is 0 Å². The molecular weight excluding hydrogens is 232 g/mol. The molecule has 0 heterocycles. The Kier molecular flexibility index (Phi) is 4.25. The van der Waals surface area contributed by atoms with E-state index in [1.165, 1.54) is 41.5 Å². The molecule has 0 aromatic carbocycles. The van der Waals surface area contributed by atoms with Crippen LogP contribution in [-0.2, 0) is 0 Å². The fourth-order valence-corrected chi connectivity index (χ4v) is 0.763. The summed E-state index contributed by atoms with van der Waals surface area (Å²) in [5, 5.41) is 45.5. The second-order valence-electron chi connectivity index (χ2n) is 5.69. The van der Waals surface area contributed by atoms with Crippen molar-refractivity contribution in [1.82, 2.24) is 0 Å². The topological polar surface area (TPSA) is 113 Å². The SMILES string of the molecule is CC(C)(O)C(C)(C#N)N=NC(C)(C#N)C(C)(C)O. The van der Waals surface area contributed by atoms with Crippen LogP contribution in [0.15, 0.2) is 10.2 Å². The number of hydrogen-bond acceptors (Lipinski definition) is 6. The molecule has 0 aliphatic rings. The van der Waals surface area contributed by atoms with E-state index >= 15 is 0 Å². The fourth-order valence-electron chi connectivity index (χ4n) is 0.763. The maximum Gasteiger partial charge on any atom is 0.192 e. The van der Waals surface area contributed by atoms with Crippen molar-refractivity contribution < 1.29 is 10.2 Å². The van der Waals surface area contributed by atoms with Crippen molar-refractivity contribution in [2.45, 2.75) is 63.8 Å². The van der Waals surface area contributed by atoms with Crippen molar-refractivity contribution in [3.05, 3.63) is 0 Å². The molecule has 0 rings (SSSR count). The van der Waals surface area contributed by atoms with Crippen molar-refractivity contribution in [2.24, 2.45) is 10.2 Å². The molecule has 0 spiro atoms. The predicted molar refractivity (Wildman–Crippen MR) is 65.5 cm³/mol. The summed E-state index contributed by atoms with van der Waals surface area (Å²) in [6.07, 6.45) is 0. The third-order valence-corrected chi connectivity index (χ3v) is 3.27. The van der Waals surface area contributed by atoms with Crippen molar-refractivity contribution in [3.8, 4) is 12.1 Å². The first kappa shape index (κ1) is 16.5. The molecule has 0 radical (unpaired) electrons. The van der Waals surface area contributed by atoms with E-state index in [1.807, 2.05) is 12.1 Å². The summed E-state index contributed by atoms with van der Waals surface area (Å²) in [6, 6.07) is 3.73. The third-order valence-electron chi connectivity index (χ3n) is 3.27. The Balaban J connectivity index is 5.54. The highest BCUT2D eigenvalue weighted by Crippen LogP contribution is 2.30. The Bertz CT molecular complexity index is 379. The Morgan fingerprint density at radius 1 is 0.722 bits per heavy atom. The Morgan fingerprint density at radius 2 is 0.944 bits per heavy atom. The fraction of sp³-hybridized carbons (Fsp3) is 0.833. The zero-order valence-electron chi connectivity index (χ0n) is 11.7. The highest BCUT2D eigenvalue weighted by atomic mass is 16.3. The second kappa shape index (κ2) is 4.64. The largest absolute Gasteiger partial charge is 0.387 e. The minimum Gasteiger partial charge on any atom is -0.387 e. The van der Waals surface area contributed by atoms with Crippen LogP contribution >= 0.6 is 0 Å². The quantitative estimate of drug-likeness (QED) is 0.739. The average Bonchev–Trinajstić information content (AvgIpc) is 2.22. The summed E-state index contributed by atoms with van der Waals surface area (Å²) in [5.74, 6) is 0. The van der Waals surface area contributed by atoms with E-state index < -0.39 is 22.3 Å². The van der Waals surface area contributed by atoms with Gasteiger partial charge in [0, 0.05) is 0 Å². The molecular formula is C12H20N4O2. The standard InChI is InChI=1S/C12H20N4O2/c1-9(2,17)11(5,7-13)15-16-12(6,8-14)10(3,4)18/h17-18H,1-6H3. The molecule has 0 aromatic heterocycles. The summed E-state index contributed by atoms with van der Waals surface area (Å²) in [7, 11) is 0. The van der Waals surface area contributed by atoms with Crippen LogP contribution < -0.4 is 0 Å². The van der Waals surface area contributed by atoms with Gasteiger partial charge in [0.1, 0.15) is 0 Å². The Labute approximate surface area is 108 Å². The monoisotopic (exact) mass is 252 g/mol. The van der Waals surface area contributed by atoms with Gasteiger partial charge in [0.05, 0.1) is 23.3 Å². The number of hydrogen-bond donors (Lipinski definition) is 2. The molecule has 0 aliphatic carbocycles. The van der Waals surface area contributed by atoms with E-state index in [4.69, 9.17) is 10.5 Å². The van der Waals surface area contributed by atoms with Crippen LogP contribution in [0.3, 0.4) is 0 Å². The molecule has 2 unspecified atom stereocenters. The minimum absolute atomic E-state index is 1.42. The first-order valence-electron chi connectivity index (χ1n) is 5.54. The Hall–Kier alpha value is -1.50. The lowest BCUT2D eigenvalue weighted by atomic mass is 9.85. The van der Waals surface area contributed by atoms with Gasteiger partial charge >= 0.3 is 0 Å². The van der Waals surface area contributed by atoms with Gasteiger partial charge in [-0.15, -0.1) is 0 Å². The normalized spacial score (nSPS) is 19.7. The van der Waals surface area contributed by atoms with Crippen LogP contribution in [0.2, 0.25) is 0 Å². The van der Waals surface area contributed by atoms with Crippen LogP contribution in [0.4, 0.5) is 0 Å². The van der Waals surface area contributed by atoms with Gasteiger partial charge in [-0.3, -0.25) is 0 Å². The zero-order valence-corrected chi connectivity index (χ0v) is 11.7. The number of rotatable bonds is 4. The van der Waals surface area contributed by atoms with Gasteiger partial charge in [0.25, 0.3) is 0 Å². The first-order chi connectivity index (χ1) is 7.83. The summed E-state index contributed by atoms with van der Waals surface area (Å²) in [4.78, 5) is 0. The minimum atomic E-state index is -1.49. The maximum absolute atomic E-state index is 9.89. The van der Waals surface area contributed by atoms with Gasteiger partial charge < -0.3 is 10.2 Å². The zero-order chi connectivity index (χ0) is 14.8. The van der Waals surface area contributed by atoms with Crippen LogP contribution in [0, 0.1) is 22.7 Å². The molecule has 0 saturated carbocycles. The second-order valence-corrected chi connectivity index (χ2v) is 5.69. The maximum atomic E-state index is 9.89. The van der Waals surface area contributed by atoms with E-state index in [1.54, 1.807) is 0 Å². The molecule has 0 amide bonds. The molecule has 0 saturated heterocycles. The van der Waals surface area contributed by atoms with Gasteiger partial charge in [-0.1, -0.05) is 0 Å². The van der Waals surface area contributed by atoms with E-state index in [2.05, 4.69) is 10.2 Å². The first-order valence-corrected chi connectivity index (χ1v) is 5.54. The molecule has 2 atom stereocenters. The predicted octanol–water partition coefficient (Wildman–Crippen LogP) is 1.54. The Morgan fingerprint density at radius 3 is 1.06 bits per heavy atom. The average molecular weight is 252 g/mol. The van der Waals surface area contributed by atoms with Crippen molar-refractivity contribution in [3.63, 3.8) is 0 Å². The van der Waals surface area contributed by atoms with Gasteiger partial charge in [-0.25, -0.2) is 0 Å². The van der Waals surface area contributed by atoms with E-state index in [-0.39, 0.29) is 0 Å². The van der Waals surface area contributed by atoms with Gasteiger partial charge in [-0.2, -0.15) is 20.8 Å². The van der Waals surface area contributed by atoms with E-state index in [0.717, 1.165) is 0 Å². The lowest BCUT2D eigenvalue weighted by Crippen LogP contribution is -2.48. The lowest BCUT2D eigenvalue weighted by molar-refractivity contribution is 0.0128. The summed E-state index contributed by atoms with van der Waals surface area (Å²) >= 11 is 0. The van der Waals surface area contributed by atoms with Crippen LogP contribution in [0.5, 0.6) is 0 Å². The number of azo groups is 1. The molecule has 100 valence electrons. The number of nitriles is 2. The van der Waals surface area contributed by atoms with Crippen LogP contribution in [-0.4, -0.2) is 32.5 Å². The van der Waals surface area contributed by atoms with Crippen molar-refractivity contribution in [1.29, 1.82) is 10.5 Å². The number of aliphatic hydroxyl groups is 2. The van der Waals surface area contributed by atoms with Crippen LogP contribution in [0.1, 0.15) is 41.5 Å². The van der Waals surface area contributed by atoms with E-state index in [9.17, 15) is 10.2 Å². The van der Waals surface area contributed by atoms with Crippen LogP contribution in [0.25, 0.3) is 0 Å². The van der Waals surface area contributed by atoms with Gasteiger partial charge in [0.15, 0.2) is 11.1 Å². The molecule has 6 heteroatoms. The molecule has 0 bridgehead atoms.